The Hall–Kier alpha value is -2.31. The van der Waals surface area contributed by atoms with Crippen molar-refractivity contribution in [2.24, 2.45) is 7.05 Å². The van der Waals surface area contributed by atoms with E-state index in [1.54, 1.807) is 13.1 Å². The van der Waals surface area contributed by atoms with E-state index in [2.05, 4.69) is 5.10 Å². The van der Waals surface area contributed by atoms with Gasteiger partial charge < -0.3 is 15.2 Å². The van der Waals surface area contributed by atoms with Crippen molar-refractivity contribution in [1.82, 2.24) is 9.78 Å². The molecule has 0 spiro atoms. The predicted molar refractivity (Wildman–Crippen MR) is 75.7 cm³/mol. The van der Waals surface area contributed by atoms with Gasteiger partial charge in [-0.3, -0.25) is 4.68 Å². The number of ether oxygens (including phenoxy) is 2. The Kier molecular flexibility index (Phi) is 3.76. The summed E-state index contributed by atoms with van der Waals surface area (Å²) in [5.41, 5.74) is 6.69. The van der Waals surface area contributed by atoms with Crippen molar-refractivity contribution in [3.8, 4) is 22.6 Å². The number of aromatic nitrogens is 2. The van der Waals surface area contributed by atoms with Crippen LogP contribution in [0.5, 0.6) is 11.5 Å². The van der Waals surface area contributed by atoms with Crippen molar-refractivity contribution in [3.63, 3.8) is 0 Å². The first-order valence-electron chi connectivity index (χ1n) is 6.21. The smallest absolute Gasteiger partial charge is 0.274 e. The number of anilines is 1. The molecule has 1 heterocycles. The van der Waals surface area contributed by atoms with E-state index in [0.29, 0.717) is 16.9 Å². The average molecular weight is 297 g/mol. The second kappa shape index (κ2) is 5.23. The van der Waals surface area contributed by atoms with Crippen molar-refractivity contribution in [3.05, 3.63) is 23.9 Å². The molecule has 7 heteroatoms. The molecule has 114 valence electrons. The average Bonchev–Trinajstić information content (AvgIpc) is 2.76. The number of nitrogens with two attached hydrogens (primary N) is 1. The number of aryl methyl sites for hydroxylation is 1. The quantitative estimate of drug-likeness (QED) is 0.942. The van der Waals surface area contributed by atoms with Gasteiger partial charge in [0.1, 0.15) is 5.82 Å². The van der Waals surface area contributed by atoms with Crippen LogP contribution >= 0.6 is 0 Å². The van der Waals surface area contributed by atoms with Crippen LogP contribution in [0.15, 0.2) is 18.3 Å². The Morgan fingerprint density at radius 1 is 1.24 bits per heavy atom. The van der Waals surface area contributed by atoms with Crippen LogP contribution < -0.4 is 15.2 Å². The van der Waals surface area contributed by atoms with Crippen molar-refractivity contribution < 1.29 is 18.3 Å². The Bertz CT molecular complexity index is 663. The van der Waals surface area contributed by atoms with Crippen LogP contribution in [0.3, 0.4) is 0 Å². The molecule has 5 nitrogen and oxygen atoms in total. The number of nitrogens with zero attached hydrogens (tertiary/aromatic N) is 2. The van der Waals surface area contributed by atoms with Crippen LogP contribution in [0.1, 0.15) is 12.5 Å². The van der Waals surface area contributed by atoms with Crippen molar-refractivity contribution in [2.75, 3.05) is 20.0 Å². The normalized spacial score (nSPS) is 11.5. The zero-order chi connectivity index (χ0) is 15.8. The summed E-state index contributed by atoms with van der Waals surface area (Å²) in [5.74, 6) is -2.47. The minimum absolute atomic E-state index is 0.0104. The van der Waals surface area contributed by atoms with Crippen molar-refractivity contribution in [2.45, 2.75) is 12.8 Å². The number of halogens is 2. The van der Waals surface area contributed by atoms with Crippen LogP contribution in [0, 0.1) is 0 Å². The fraction of sp³-hybridized carbons (Fsp3) is 0.357. The number of benzene rings is 1. The highest BCUT2D eigenvalue weighted by molar-refractivity contribution is 5.76. The van der Waals surface area contributed by atoms with E-state index in [1.807, 2.05) is 0 Å². The number of alkyl halides is 2. The lowest BCUT2D eigenvalue weighted by atomic mass is 10.00. The summed E-state index contributed by atoms with van der Waals surface area (Å²) in [7, 11) is 4.39. The van der Waals surface area contributed by atoms with E-state index in [0.717, 1.165) is 6.92 Å². The first kappa shape index (κ1) is 15.1. The molecule has 2 aromatic rings. The second-order valence-electron chi connectivity index (χ2n) is 4.71. The van der Waals surface area contributed by atoms with Gasteiger partial charge in [-0.25, -0.2) is 8.78 Å². The standard InChI is InChI=1S/C14H17F2N3O2/c1-14(15,16)10-5-8(6-11(20-3)12(10)21-4)9-7-18-19(2)13(9)17/h5-7H,17H2,1-4H3. The molecule has 2 rings (SSSR count). The summed E-state index contributed by atoms with van der Waals surface area (Å²) in [5, 5.41) is 4.01. The molecule has 0 saturated heterocycles. The zero-order valence-electron chi connectivity index (χ0n) is 12.3. The fourth-order valence-corrected chi connectivity index (χ4v) is 2.12. The summed E-state index contributed by atoms with van der Waals surface area (Å²) in [6, 6.07) is 2.94. The van der Waals surface area contributed by atoms with E-state index < -0.39 is 5.92 Å². The third-order valence-electron chi connectivity index (χ3n) is 3.25. The summed E-state index contributed by atoms with van der Waals surface area (Å²) in [6.07, 6.45) is 1.52. The van der Waals surface area contributed by atoms with Gasteiger partial charge in [0, 0.05) is 19.5 Å². The molecule has 0 unspecified atom stereocenters. The maximum atomic E-state index is 13.8. The van der Waals surface area contributed by atoms with Gasteiger partial charge in [0.05, 0.1) is 26.0 Å². The van der Waals surface area contributed by atoms with Gasteiger partial charge in [-0.2, -0.15) is 5.10 Å². The number of rotatable bonds is 4. The van der Waals surface area contributed by atoms with Gasteiger partial charge in [0.25, 0.3) is 5.92 Å². The van der Waals surface area contributed by atoms with Crippen molar-refractivity contribution in [1.29, 1.82) is 0 Å². The lowest BCUT2D eigenvalue weighted by Crippen LogP contribution is -2.10. The summed E-state index contributed by atoms with van der Waals surface area (Å²) in [6.45, 7) is 0.806. The van der Waals surface area contributed by atoms with E-state index in [1.165, 1.54) is 31.2 Å². The highest BCUT2D eigenvalue weighted by Crippen LogP contribution is 2.44. The molecular formula is C14H17F2N3O2. The SMILES string of the molecule is COc1cc(-c2cnn(C)c2N)cc(C(C)(F)F)c1OC. The number of nitrogen functional groups attached to an aromatic ring is 1. The molecule has 0 radical (unpaired) electrons. The van der Waals surface area contributed by atoms with Crippen molar-refractivity contribution >= 4 is 5.82 Å². The largest absolute Gasteiger partial charge is 0.493 e. The van der Waals surface area contributed by atoms with E-state index in [4.69, 9.17) is 15.2 Å². The summed E-state index contributed by atoms with van der Waals surface area (Å²) < 4.78 is 39.4. The first-order chi connectivity index (χ1) is 9.79. The Labute approximate surface area is 121 Å². The Morgan fingerprint density at radius 3 is 2.33 bits per heavy atom. The van der Waals surface area contributed by atoms with Gasteiger partial charge in [-0.1, -0.05) is 0 Å². The molecule has 21 heavy (non-hydrogen) atoms. The van der Waals surface area contributed by atoms with Gasteiger partial charge in [-0.05, 0) is 17.7 Å². The van der Waals surface area contributed by atoms with Crippen LogP contribution in [-0.4, -0.2) is 24.0 Å². The van der Waals surface area contributed by atoms with Gasteiger partial charge >= 0.3 is 0 Å². The third-order valence-corrected chi connectivity index (χ3v) is 3.25. The lowest BCUT2D eigenvalue weighted by Gasteiger charge is -2.19. The van der Waals surface area contributed by atoms with Gasteiger partial charge in [-0.15, -0.1) is 0 Å². The number of hydrogen-bond donors (Lipinski definition) is 1. The maximum absolute atomic E-state index is 13.8. The molecule has 1 aromatic carbocycles. The van der Waals surface area contributed by atoms with Crippen LogP contribution in [-0.2, 0) is 13.0 Å². The first-order valence-corrected chi connectivity index (χ1v) is 6.21. The minimum Gasteiger partial charge on any atom is -0.493 e. The van der Waals surface area contributed by atoms with E-state index in [9.17, 15) is 8.78 Å². The molecule has 2 N–H and O–H groups in total. The number of methoxy groups -OCH3 is 2. The summed E-state index contributed by atoms with van der Waals surface area (Å²) in [4.78, 5) is 0. The third kappa shape index (κ3) is 2.63. The lowest BCUT2D eigenvalue weighted by molar-refractivity contribution is 0.0148. The minimum atomic E-state index is -3.08. The summed E-state index contributed by atoms with van der Waals surface area (Å²) >= 11 is 0. The molecule has 0 aliphatic carbocycles. The highest BCUT2D eigenvalue weighted by atomic mass is 19.3. The van der Waals surface area contributed by atoms with Gasteiger partial charge in [0.15, 0.2) is 11.5 Å². The fourth-order valence-electron chi connectivity index (χ4n) is 2.12. The van der Waals surface area contributed by atoms with Crippen LogP contribution in [0.25, 0.3) is 11.1 Å². The molecule has 0 amide bonds. The molecule has 0 bridgehead atoms. The monoisotopic (exact) mass is 297 g/mol. The van der Waals surface area contributed by atoms with Crippen LogP contribution in [0.2, 0.25) is 0 Å². The molecule has 1 aromatic heterocycles. The zero-order valence-corrected chi connectivity index (χ0v) is 12.3. The van der Waals surface area contributed by atoms with Crippen LogP contribution in [0.4, 0.5) is 14.6 Å². The number of hydrogen-bond acceptors (Lipinski definition) is 4. The topological polar surface area (TPSA) is 62.3 Å². The van der Waals surface area contributed by atoms with E-state index in [-0.39, 0.29) is 17.1 Å². The maximum Gasteiger partial charge on any atom is 0.274 e. The predicted octanol–water partition coefficient (Wildman–Crippen LogP) is 2.80. The molecular weight excluding hydrogens is 280 g/mol. The molecule has 0 aliphatic rings. The molecule has 0 aliphatic heterocycles. The molecule has 0 atom stereocenters. The second-order valence-corrected chi connectivity index (χ2v) is 4.71. The highest BCUT2D eigenvalue weighted by Gasteiger charge is 2.31. The van der Waals surface area contributed by atoms with Gasteiger partial charge in [0.2, 0.25) is 0 Å². The Morgan fingerprint density at radius 2 is 1.90 bits per heavy atom. The van der Waals surface area contributed by atoms with E-state index >= 15 is 0 Å². The Balaban J connectivity index is 2.72. The molecule has 0 saturated carbocycles. The molecule has 0 fully saturated rings.